The number of imide groups is 1. The summed E-state index contributed by atoms with van der Waals surface area (Å²) < 4.78 is 0. The lowest BCUT2D eigenvalue weighted by Crippen LogP contribution is -2.63. The Labute approximate surface area is 157 Å². The van der Waals surface area contributed by atoms with E-state index in [1.807, 2.05) is 51.1 Å². The minimum atomic E-state index is -0.827. The predicted octanol–water partition coefficient (Wildman–Crippen LogP) is 3.03. The first-order valence-electron chi connectivity index (χ1n) is 9.16. The number of hydrogen-bond acceptors (Lipinski definition) is 4. The van der Waals surface area contributed by atoms with Crippen molar-refractivity contribution in [3.05, 3.63) is 36.5 Å². The maximum atomic E-state index is 13.3. The van der Waals surface area contributed by atoms with Crippen LogP contribution in [0.5, 0.6) is 0 Å². The van der Waals surface area contributed by atoms with Crippen molar-refractivity contribution in [3.8, 4) is 0 Å². The molecule has 27 heavy (non-hydrogen) atoms. The van der Waals surface area contributed by atoms with Crippen molar-refractivity contribution in [1.29, 1.82) is 0 Å². The summed E-state index contributed by atoms with van der Waals surface area (Å²) in [6.45, 7) is 5.54. The molecule has 1 aliphatic carbocycles. The van der Waals surface area contributed by atoms with E-state index in [1.54, 1.807) is 6.20 Å². The van der Waals surface area contributed by atoms with Crippen LogP contribution in [0.4, 0.5) is 5.69 Å². The average molecular weight is 365 g/mol. The van der Waals surface area contributed by atoms with E-state index in [0.29, 0.717) is 24.9 Å². The predicted molar refractivity (Wildman–Crippen MR) is 102 cm³/mol. The van der Waals surface area contributed by atoms with Gasteiger partial charge in [0.2, 0.25) is 17.7 Å². The van der Waals surface area contributed by atoms with E-state index >= 15 is 0 Å². The Morgan fingerprint density at radius 3 is 2.30 bits per heavy atom. The maximum absolute atomic E-state index is 13.3. The van der Waals surface area contributed by atoms with Crippen molar-refractivity contribution >= 4 is 34.3 Å². The quantitative estimate of drug-likeness (QED) is 0.801. The van der Waals surface area contributed by atoms with Crippen molar-refractivity contribution in [2.45, 2.75) is 40.0 Å². The fourth-order valence-corrected chi connectivity index (χ4v) is 5.14. The molecule has 0 radical (unpaired) electrons. The van der Waals surface area contributed by atoms with E-state index in [1.165, 1.54) is 0 Å². The second-order valence-corrected chi connectivity index (χ2v) is 8.83. The Bertz CT molecular complexity index is 952. The number of piperidine rings is 1. The largest absolute Gasteiger partial charge is 0.324 e. The van der Waals surface area contributed by atoms with Gasteiger partial charge < -0.3 is 5.32 Å². The van der Waals surface area contributed by atoms with Crippen LogP contribution in [0.2, 0.25) is 0 Å². The standard InChI is InChI=1S/C21H23N3O3/c1-19(10-20(2)12-21(3,11-19)18(27)24-17(20)26)16(25)23-14-8-4-6-13-7-5-9-22-15(13)14/h4-9H,10-12H2,1-3H3,(H,23,25)(H,24,26,27). The van der Waals surface area contributed by atoms with Crippen LogP contribution in [0.1, 0.15) is 40.0 Å². The Morgan fingerprint density at radius 2 is 1.63 bits per heavy atom. The third kappa shape index (κ3) is 2.71. The molecule has 1 aromatic heterocycles. The van der Waals surface area contributed by atoms with Gasteiger partial charge in [0.05, 0.1) is 11.2 Å². The molecule has 2 atom stereocenters. The summed E-state index contributed by atoms with van der Waals surface area (Å²) >= 11 is 0. The highest BCUT2D eigenvalue weighted by atomic mass is 16.2. The van der Waals surface area contributed by atoms with Gasteiger partial charge in [0.15, 0.2) is 0 Å². The van der Waals surface area contributed by atoms with Crippen molar-refractivity contribution in [2.24, 2.45) is 16.2 Å². The molecule has 2 N–H and O–H groups in total. The van der Waals surface area contributed by atoms with E-state index in [9.17, 15) is 14.4 Å². The third-order valence-electron chi connectivity index (χ3n) is 6.09. The Morgan fingerprint density at radius 1 is 1.00 bits per heavy atom. The highest BCUT2D eigenvalue weighted by Gasteiger charge is 2.60. The molecule has 2 unspecified atom stereocenters. The number of anilines is 1. The number of amides is 3. The van der Waals surface area contributed by atoms with Crippen LogP contribution in [0.15, 0.2) is 36.5 Å². The molecule has 1 aromatic carbocycles. The van der Waals surface area contributed by atoms with E-state index in [0.717, 1.165) is 10.9 Å². The molecule has 2 aromatic rings. The van der Waals surface area contributed by atoms with Crippen LogP contribution < -0.4 is 10.6 Å². The van der Waals surface area contributed by atoms with Crippen LogP contribution in [-0.4, -0.2) is 22.7 Å². The van der Waals surface area contributed by atoms with Crippen LogP contribution in [-0.2, 0) is 14.4 Å². The van der Waals surface area contributed by atoms with Gasteiger partial charge in [0.1, 0.15) is 0 Å². The average Bonchev–Trinajstić information content (AvgIpc) is 2.60. The number of nitrogens with one attached hydrogen (secondary N) is 2. The van der Waals surface area contributed by atoms with Gasteiger partial charge in [0, 0.05) is 27.8 Å². The number of aromatic nitrogens is 1. The first-order valence-corrected chi connectivity index (χ1v) is 9.16. The molecule has 6 heteroatoms. The normalized spacial score (nSPS) is 32.9. The summed E-state index contributed by atoms with van der Waals surface area (Å²) in [4.78, 5) is 42.6. The summed E-state index contributed by atoms with van der Waals surface area (Å²) in [7, 11) is 0. The number of hydrogen-bond donors (Lipinski definition) is 2. The van der Waals surface area contributed by atoms with E-state index in [-0.39, 0.29) is 17.7 Å². The van der Waals surface area contributed by atoms with Gasteiger partial charge in [-0.2, -0.15) is 0 Å². The van der Waals surface area contributed by atoms with Crippen molar-refractivity contribution in [2.75, 3.05) is 5.32 Å². The highest BCUT2D eigenvalue weighted by molar-refractivity contribution is 6.06. The molecule has 1 saturated carbocycles. The highest BCUT2D eigenvalue weighted by Crippen LogP contribution is 2.56. The molecule has 2 aliphatic rings. The minimum Gasteiger partial charge on any atom is -0.324 e. The number of carbonyl (C=O) groups is 3. The first kappa shape index (κ1) is 17.6. The van der Waals surface area contributed by atoms with Crippen LogP contribution >= 0.6 is 0 Å². The zero-order valence-electron chi connectivity index (χ0n) is 15.8. The van der Waals surface area contributed by atoms with Gasteiger partial charge in [-0.3, -0.25) is 24.7 Å². The summed E-state index contributed by atoms with van der Waals surface area (Å²) in [5.41, 5.74) is -0.930. The fourth-order valence-electron chi connectivity index (χ4n) is 5.14. The molecular weight excluding hydrogens is 342 g/mol. The molecule has 1 aliphatic heterocycles. The lowest BCUT2D eigenvalue weighted by molar-refractivity contribution is -0.163. The zero-order valence-corrected chi connectivity index (χ0v) is 15.8. The fraction of sp³-hybridized carbons (Fsp3) is 0.429. The number of fused-ring (bicyclic) bond motifs is 3. The smallest absolute Gasteiger partial charge is 0.232 e. The molecule has 2 heterocycles. The second kappa shape index (κ2) is 5.62. The lowest BCUT2D eigenvalue weighted by Gasteiger charge is -2.53. The Hall–Kier alpha value is -2.76. The first-order chi connectivity index (χ1) is 12.7. The van der Waals surface area contributed by atoms with Crippen LogP contribution in [0.3, 0.4) is 0 Å². The number of carbonyl (C=O) groups excluding carboxylic acids is 3. The topological polar surface area (TPSA) is 88.2 Å². The number of rotatable bonds is 2. The number of para-hydroxylation sites is 1. The summed E-state index contributed by atoms with van der Waals surface area (Å²) in [6.07, 6.45) is 2.97. The van der Waals surface area contributed by atoms with Gasteiger partial charge in [-0.1, -0.05) is 39.0 Å². The Kier molecular flexibility index (Phi) is 3.67. The van der Waals surface area contributed by atoms with Crippen LogP contribution in [0, 0.1) is 16.2 Å². The molecule has 3 amide bonds. The molecule has 6 nitrogen and oxygen atoms in total. The molecule has 1 saturated heterocycles. The molecule has 2 bridgehead atoms. The van der Waals surface area contributed by atoms with Crippen LogP contribution in [0.25, 0.3) is 10.9 Å². The number of nitrogens with zero attached hydrogens (tertiary/aromatic N) is 1. The third-order valence-corrected chi connectivity index (χ3v) is 6.09. The minimum absolute atomic E-state index is 0.180. The van der Waals surface area contributed by atoms with Gasteiger partial charge in [-0.05, 0) is 31.4 Å². The SMILES string of the molecule is CC12CC(C)(CC(C)(C(=O)Nc3cccc4cccnc34)C1)C(=O)NC2=O. The van der Waals surface area contributed by atoms with Gasteiger partial charge in [0.25, 0.3) is 0 Å². The molecular formula is C21H23N3O3. The van der Waals surface area contributed by atoms with Gasteiger partial charge in [-0.25, -0.2) is 0 Å². The van der Waals surface area contributed by atoms with Gasteiger partial charge >= 0.3 is 0 Å². The molecule has 0 spiro atoms. The van der Waals surface area contributed by atoms with Crippen molar-refractivity contribution in [1.82, 2.24) is 10.3 Å². The van der Waals surface area contributed by atoms with Crippen molar-refractivity contribution < 1.29 is 14.4 Å². The second-order valence-electron chi connectivity index (χ2n) is 8.83. The molecule has 4 rings (SSSR count). The number of pyridine rings is 1. The van der Waals surface area contributed by atoms with Crippen molar-refractivity contribution in [3.63, 3.8) is 0 Å². The molecule has 2 fully saturated rings. The van der Waals surface area contributed by atoms with E-state index in [2.05, 4.69) is 15.6 Å². The summed E-state index contributed by atoms with van der Waals surface area (Å²) in [5.74, 6) is -0.744. The maximum Gasteiger partial charge on any atom is 0.232 e. The zero-order chi connectivity index (χ0) is 19.4. The number of benzene rings is 1. The van der Waals surface area contributed by atoms with Gasteiger partial charge in [-0.15, -0.1) is 0 Å². The van der Waals surface area contributed by atoms with E-state index < -0.39 is 16.2 Å². The summed E-state index contributed by atoms with van der Waals surface area (Å²) in [5, 5.41) is 6.44. The Balaban J connectivity index is 1.68. The van der Waals surface area contributed by atoms with E-state index in [4.69, 9.17) is 0 Å². The lowest BCUT2D eigenvalue weighted by atomic mass is 9.52. The molecule has 140 valence electrons. The monoisotopic (exact) mass is 365 g/mol. The summed E-state index contributed by atoms with van der Waals surface area (Å²) in [6, 6.07) is 9.42.